The van der Waals surface area contributed by atoms with Gasteiger partial charge in [0.25, 0.3) is 5.91 Å². The lowest BCUT2D eigenvalue weighted by molar-refractivity contribution is 0.0938. The highest BCUT2D eigenvalue weighted by molar-refractivity contribution is 7.20. The maximum atomic E-state index is 13.2. The molecule has 1 aromatic carbocycles. The van der Waals surface area contributed by atoms with Crippen molar-refractivity contribution in [3.8, 4) is 0 Å². The maximum Gasteiger partial charge on any atom is 0.261 e. The fourth-order valence-electron chi connectivity index (χ4n) is 4.65. The first-order valence-electron chi connectivity index (χ1n) is 11.9. The molecule has 176 valence electrons. The van der Waals surface area contributed by atoms with Crippen LogP contribution in [-0.4, -0.2) is 30.7 Å². The first-order valence-corrected chi connectivity index (χ1v) is 12.7. The van der Waals surface area contributed by atoms with Crippen LogP contribution in [-0.2, 0) is 12.8 Å². The molecule has 33 heavy (non-hydrogen) atoms. The van der Waals surface area contributed by atoms with Gasteiger partial charge in [0, 0.05) is 17.6 Å². The lowest BCUT2D eigenvalue weighted by Crippen LogP contribution is -2.31. The van der Waals surface area contributed by atoms with Crippen LogP contribution >= 0.6 is 11.3 Å². The number of fused-ring (bicyclic) bond motifs is 2. The zero-order valence-corrected chi connectivity index (χ0v) is 20.6. The largest absolute Gasteiger partial charge is 0.344 e. The number of pyridine rings is 1. The number of aryl methyl sites for hydroxylation is 1. The molecule has 4 nitrogen and oxygen atoms in total. The smallest absolute Gasteiger partial charge is 0.261 e. The molecule has 3 aromatic rings. The molecule has 4 rings (SSSR count). The van der Waals surface area contributed by atoms with Gasteiger partial charge in [0.1, 0.15) is 11.5 Å². The van der Waals surface area contributed by atoms with E-state index in [0.717, 1.165) is 28.6 Å². The predicted molar refractivity (Wildman–Crippen MR) is 135 cm³/mol. The van der Waals surface area contributed by atoms with E-state index in [0.29, 0.717) is 30.3 Å². The Labute approximate surface area is 200 Å². The van der Waals surface area contributed by atoms with Gasteiger partial charge in [-0.05, 0) is 66.8 Å². The second-order valence-electron chi connectivity index (χ2n) is 10.1. The van der Waals surface area contributed by atoms with Gasteiger partial charge in [0.2, 0.25) is 0 Å². The maximum absolute atomic E-state index is 13.2. The number of benzene rings is 1. The van der Waals surface area contributed by atoms with E-state index < -0.39 is 6.67 Å². The Kier molecular flexibility index (Phi) is 7.45. The first kappa shape index (κ1) is 23.8. The highest BCUT2D eigenvalue weighted by atomic mass is 32.1. The molecular formula is C27H34FN3OS. The van der Waals surface area contributed by atoms with Crippen LogP contribution in [0.25, 0.3) is 10.2 Å². The monoisotopic (exact) mass is 467 g/mol. The van der Waals surface area contributed by atoms with Gasteiger partial charge in [0.05, 0.1) is 10.9 Å². The molecule has 0 radical (unpaired) electrons. The van der Waals surface area contributed by atoms with Crippen molar-refractivity contribution in [1.82, 2.24) is 15.6 Å². The lowest BCUT2D eigenvalue weighted by atomic mass is 9.71. The minimum absolute atomic E-state index is 0.0807. The summed E-state index contributed by atoms with van der Waals surface area (Å²) in [6, 6.07) is 14.0. The molecule has 2 atom stereocenters. The van der Waals surface area contributed by atoms with Crippen LogP contribution in [0, 0.1) is 11.3 Å². The van der Waals surface area contributed by atoms with Crippen molar-refractivity contribution in [2.24, 2.45) is 11.3 Å². The molecule has 1 aliphatic carbocycles. The topological polar surface area (TPSA) is 54.0 Å². The molecule has 2 aromatic heterocycles. The number of aromatic nitrogens is 1. The summed E-state index contributed by atoms with van der Waals surface area (Å²) in [4.78, 5) is 19.7. The second-order valence-corrected chi connectivity index (χ2v) is 11.1. The lowest BCUT2D eigenvalue weighted by Gasteiger charge is -2.34. The van der Waals surface area contributed by atoms with E-state index in [-0.39, 0.29) is 17.4 Å². The molecule has 0 spiro atoms. The summed E-state index contributed by atoms with van der Waals surface area (Å²) >= 11 is 1.47. The van der Waals surface area contributed by atoms with Gasteiger partial charge >= 0.3 is 0 Å². The summed E-state index contributed by atoms with van der Waals surface area (Å²) in [5.41, 5.74) is 3.87. The number of amides is 1. The van der Waals surface area contributed by atoms with E-state index in [9.17, 15) is 9.18 Å². The standard InChI is InChI=1S/C27H34FN3OS/c1-27(2,3)21-9-10-22-19(16-21)15-20-17-24(33-26(20)31-22)25(32)30-23(11-13-29-14-12-28)18-7-5-4-6-8-18/h4-8,15,17,21,23,29H,9-14,16H2,1-3H3,(H,30,32)/t21-,23?/m0/s1. The number of hydrogen-bond acceptors (Lipinski definition) is 4. The average Bonchev–Trinajstić information content (AvgIpc) is 3.22. The Hall–Kier alpha value is -2.31. The van der Waals surface area contributed by atoms with Crippen LogP contribution in [0.1, 0.15) is 66.1 Å². The number of hydrogen-bond donors (Lipinski definition) is 2. The van der Waals surface area contributed by atoms with Crippen LogP contribution in [0.5, 0.6) is 0 Å². The van der Waals surface area contributed by atoms with E-state index in [1.807, 2.05) is 36.4 Å². The van der Waals surface area contributed by atoms with Crippen LogP contribution in [0.15, 0.2) is 42.5 Å². The number of alkyl halides is 1. The number of carbonyl (C=O) groups excluding carboxylic acids is 1. The Morgan fingerprint density at radius 2 is 2.00 bits per heavy atom. The fourth-order valence-corrected chi connectivity index (χ4v) is 5.59. The molecule has 0 aliphatic heterocycles. The summed E-state index contributed by atoms with van der Waals surface area (Å²) in [5.74, 6) is 0.575. The van der Waals surface area contributed by atoms with E-state index in [4.69, 9.17) is 4.98 Å². The molecular weight excluding hydrogens is 433 g/mol. The molecule has 0 saturated heterocycles. The minimum Gasteiger partial charge on any atom is -0.344 e. The van der Waals surface area contributed by atoms with E-state index in [1.165, 1.54) is 29.0 Å². The number of thiophene rings is 1. The molecule has 1 amide bonds. The SMILES string of the molecule is CC(C)(C)[C@H]1CCc2nc3sc(C(=O)NC(CCNCCF)c4ccccc4)cc3cc2C1. The van der Waals surface area contributed by atoms with Crippen LogP contribution in [0.3, 0.4) is 0 Å². The van der Waals surface area contributed by atoms with Crippen LogP contribution < -0.4 is 10.6 Å². The zero-order chi connectivity index (χ0) is 23.4. The van der Waals surface area contributed by atoms with E-state index in [1.54, 1.807) is 0 Å². The number of rotatable bonds is 8. The van der Waals surface area contributed by atoms with Gasteiger partial charge in [-0.25, -0.2) is 9.37 Å². The second kappa shape index (κ2) is 10.3. The fraction of sp³-hybridized carbons (Fsp3) is 0.481. The summed E-state index contributed by atoms with van der Waals surface area (Å²) in [6.45, 7) is 7.53. The van der Waals surface area contributed by atoms with Crippen molar-refractivity contribution >= 4 is 27.5 Å². The number of nitrogens with zero attached hydrogens (tertiary/aromatic N) is 1. The summed E-state index contributed by atoms with van der Waals surface area (Å²) in [6.07, 6.45) is 3.93. The van der Waals surface area contributed by atoms with Crippen molar-refractivity contribution in [2.75, 3.05) is 19.8 Å². The van der Waals surface area contributed by atoms with Gasteiger partial charge in [-0.15, -0.1) is 11.3 Å². The molecule has 0 saturated carbocycles. The minimum atomic E-state index is -0.391. The van der Waals surface area contributed by atoms with Crippen LogP contribution in [0.4, 0.5) is 4.39 Å². The first-order chi connectivity index (χ1) is 15.8. The number of carbonyl (C=O) groups is 1. The molecule has 0 fully saturated rings. The normalized spacial score (nSPS) is 17.0. The van der Waals surface area contributed by atoms with Gasteiger partial charge in [-0.2, -0.15) is 0 Å². The predicted octanol–water partition coefficient (Wildman–Crippen LogP) is 5.87. The van der Waals surface area contributed by atoms with Crippen molar-refractivity contribution in [3.63, 3.8) is 0 Å². The van der Waals surface area contributed by atoms with Crippen molar-refractivity contribution < 1.29 is 9.18 Å². The third-order valence-electron chi connectivity index (χ3n) is 6.71. The molecule has 6 heteroatoms. The Balaban J connectivity index is 1.52. The summed E-state index contributed by atoms with van der Waals surface area (Å²) in [5, 5.41) is 7.33. The average molecular weight is 468 g/mol. The molecule has 1 unspecified atom stereocenters. The highest BCUT2D eigenvalue weighted by Gasteiger charge is 2.29. The third kappa shape index (κ3) is 5.79. The van der Waals surface area contributed by atoms with Gasteiger partial charge in [0.15, 0.2) is 0 Å². The molecule has 2 N–H and O–H groups in total. The summed E-state index contributed by atoms with van der Waals surface area (Å²) in [7, 11) is 0. The quantitative estimate of drug-likeness (QED) is 0.408. The van der Waals surface area contributed by atoms with Crippen LogP contribution in [0.2, 0.25) is 0 Å². The molecule has 2 heterocycles. The van der Waals surface area contributed by atoms with Gasteiger partial charge in [-0.1, -0.05) is 51.1 Å². The number of halogens is 1. The van der Waals surface area contributed by atoms with Crippen molar-refractivity contribution in [3.05, 3.63) is 64.2 Å². The van der Waals surface area contributed by atoms with Crippen molar-refractivity contribution in [1.29, 1.82) is 0 Å². The van der Waals surface area contributed by atoms with Crippen molar-refractivity contribution in [2.45, 2.75) is 52.5 Å². The third-order valence-corrected chi connectivity index (χ3v) is 7.75. The van der Waals surface area contributed by atoms with Gasteiger partial charge in [-0.3, -0.25) is 4.79 Å². The zero-order valence-electron chi connectivity index (χ0n) is 19.8. The summed E-state index contributed by atoms with van der Waals surface area (Å²) < 4.78 is 12.4. The highest BCUT2D eigenvalue weighted by Crippen LogP contribution is 2.38. The van der Waals surface area contributed by atoms with E-state index >= 15 is 0 Å². The van der Waals surface area contributed by atoms with E-state index in [2.05, 4.69) is 37.5 Å². The Bertz CT molecular complexity index is 1090. The van der Waals surface area contributed by atoms with Gasteiger partial charge < -0.3 is 10.6 Å². The Morgan fingerprint density at radius 1 is 1.21 bits per heavy atom. The molecule has 0 bridgehead atoms. The Morgan fingerprint density at radius 3 is 2.73 bits per heavy atom. The number of nitrogens with one attached hydrogen (secondary N) is 2. The molecule has 1 aliphatic rings.